The van der Waals surface area contributed by atoms with E-state index in [1.807, 2.05) is 0 Å². The Bertz CT molecular complexity index is 375. The molecule has 1 spiro atoms. The summed E-state index contributed by atoms with van der Waals surface area (Å²) in [5.74, 6) is -1.06. The molecule has 106 valence electrons. The van der Waals surface area contributed by atoms with Crippen LogP contribution in [-0.2, 0) is 14.3 Å². The molecule has 2 aliphatic rings. The van der Waals surface area contributed by atoms with Crippen LogP contribution in [-0.4, -0.2) is 47.0 Å². The van der Waals surface area contributed by atoms with Crippen molar-refractivity contribution in [2.45, 2.75) is 43.9 Å². The monoisotopic (exact) mass is 269 g/mol. The summed E-state index contributed by atoms with van der Waals surface area (Å²) in [6.45, 7) is 3.57. The zero-order valence-electron chi connectivity index (χ0n) is 10.8. The van der Waals surface area contributed by atoms with Crippen LogP contribution in [0.25, 0.3) is 0 Å². The van der Waals surface area contributed by atoms with Crippen LogP contribution in [0.2, 0.25) is 0 Å². The lowest BCUT2D eigenvalue weighted by molar-refractivity contribution is -0.144. The number of amides is 1. The molecule has 2 fully saturated rings. The first-order valence-corrected chi connectivity index (χ1v) is 6.54. The number of hydrogen-bond donors (Lipinski definition) is 1. The molecule has 1 saturated heterocycles. The number of aliphatic carboxylic acids is 1. The van der Waals surface area contributed by atoms with Crippen LogP contribution >= 0.6 is 0 Å². The first-order chi connectivity index (χ1) is 9.10. The second kappa shape index (κ2) is 5.61. The molecule has 0 aromatic heterocycles. The SMILES string of the molecule is C=CCOC(=O)N1C(C(=O)O)COC12CCCCC2. The highest BCUT2D eigenvalue weighted by Crippen LogP contribution is 2.40. The first-order valence-electron chi connectivity index (χ1n) is 6.54. The van der Waals surface area contributed by atoms with Crippen molar-refractivity contribution in [3.05, 3.63) is 12.7 Å². The molecule has 1 heterocycles. The van der Waals surface area contributed by atoms with E-state index in [4.69, 9.17) is 9.47 Å². The van der Waals surface area contributed by atoms with Crippen LogP contribution in [0.4, 0.5) is 4.79 Å². The van der Waals surface area contributed by atoms with Crippen LogP contribution in [0.3, 0.4) is 0 Å². The third-order valence-electron chi connectivity index (χ3n) is 3.70. The van der Waals surface area contributed by atoms with Gasteiger partial charge in [-0.2, -0.15) is 0 Å². The fourth-order valence-electron chi connectivity index (χ4n) is 2.83. The Morgan fingerprint density at radius 1 is 1.42 bits per heavy atom. The van der Waals surface area contributed by atoms with Crippen LogP contribution in [0.5, 0.6) is 0 Å². The molecule has 6 nitrogen and oxygen atoms in total. The zero-order chi connectivity index (χ0) is 13.9. The molecule has 1 atom stereocenters. The quantitative estimate of drug-likeness (QED) is 0.790. The Labute approximate surface area is 112 Å². The van der Waals surface area contributed by atoms with Gasteiger partial charge in [-0.3, -0.25) is 4.90 Å². The van der Waals surface area contributed by atoms with Crippen LogP contribution in [0.1, 0.15) is 32.1 Å². The van der Waals surface area contributed by atoms with E-state index in [1.54, 1.807) is 0 Å². The summed E-state index contributed by atoms with van der Waals surface area (Å²) in [5, 5.41) is 9.22. The third-order valence-corrected chi connectivity index (χ3v) is 3.70. The highest BCUT2D eigenvalue weighted by Gasteiger charge is 2.53. The summed E-state index contributed by atoms with van der Waals surface area (Å²) in [6.07, 6.45) is 5.10. The van der Waals surface area contributed by atoms with E-state index in [0.717, 1.165) is 19.3 Å². The van der Waals surface area contributed by atoms with E-state index < -0.39 is 23.8 Å². The largest absolute Gasteiger partial charge is 0.480 e. The Hall–Kier alpha value is -1.56. The van der Waals surface area contributed by atoms with Gasteiger partial charge in [0, 0.05) is 0 Å². The van der Waals surface area contributed by atoms with Gasteiger partial charge in [0.1, 0.15) is 12.3 Å². The summed E-state index contributed by atoms with van der Waals surface area (Å²) in [7, 11) is 0. The minimum atomic E-state index is -1.06. The molecule has 1 aliphatic carbocycles. The molecule has 19 heavy (non-hydrogen) atoms. The van der Waals surface area contributed by atoms with Gasteiger partial charge < -0.3 is 14.6 Å². The lowest BCUT2D eigenvalue weighted by atomic mass is 9.90. The molecule has 0 aromatic carbocycles. The number of ether oxygens (including phenoxy) is 2. The standard InChI is InChI=1S/C13H19NO5/c1-2-8-18-12(17)14-10(11(15)16)9-19-13(14)6-4-3-5-7-13/h2,10H,1,3-9H2,(H,15,16). The lowest BCUT2D eigenvalue weighted by Crippen LogP contribution is -2.54. The van der Waals surface area contributed by atoms with Crippen LogP contribution in [0, 0.1) is 0 Å². The Kier molecular flexibility index (Phi) is 4.09. The summed E-state index contributed by atoms with van der Waals surface area (Å²) in [4.78, 5) is 24.6. The highest BCUT2D eigenvalue weighted by molar-refractivity contribution is 5.81. The number of carbonyl (C=O) groups excluding carboxylic acids is 1. The Morgan fingerprint density at radius 3 is 2.68 bits per heavy atom. The van der Waals surface area contributed by atoms with Crippen molar-refractivity contribution in [2.24, 2.45) is 0 Å². The summed E-state index contributed by atoms with van der Waals surface area (Å²) in [6, 6.07) is -0.963. The van der Waals surface area contributed by atoms with Crippen LogP contribution < -0.4 is 0 Å². The van der Waals surface area contributed by atoms with Gasteiger partial charge in [-0.15, -0.1) is 0 Å². The number of carboxylic acids is 1. The van der Waals surface area contributed by atoms with E-state index in [-0.39, 0.29) is 13.2 Å². The van der Waals surface area contributed by atoms with Crippen LogP contribution in [0.15, 0.2) is 12.7 Å². The van der Waals surface area contributed by atoms with E-state index in [0.29, 0.717) is 12.8 Å². The molecule has 2 rings (SSSR count). The van der Waals surface area contributed by atoms with Gasteiger partial charge in [-0.25, -0.2) is 9.59 Å². The van der Waals surface area contributed by atoms with E-state index in [9.17, 15) is 14.7 Å². The predicted molar refractivity (Wildman–Crippen MR) is 66.6 cm³/mol. The molecule has 1 N–H and O–H groups in total. The van der Waals surface area contributed by atoms with Crippen molar-refractivity contribution in [3.8, 4) is 0 Å². The summed E-state index contributed by atoms with van der Waals surface area (Å²) in [5.41, 5.74) is -0.792. The average molecular weight is 269 g/mol. The number of carboxylic acid groups (broad SMARTS) is 1. The second-order valence-electron chi connectivity index (χ2n) is 4.91. The smallest absolute Gasteiger partial charge is 0.413 e. The maximum atomic E-state index is 12.1. The van der Waals surface area contributed by atoms with Gasteiger partial charge in [0.05, 0.1) is 6.61 Å². The summed E-state index contributed by atoms with van der Waals surface area (Å²) < 4.78 is 10.7. The number of rotatable bonds is 3. The Morgan fingerprint density at radius 2 is 2.11 bits per heavy atom. The normalized spacial score (nSPS) is 25.3. The van der Waals surface area contributed by atoms with Gasteiger partial charge in [-0.05, 0) is 25.7 Å². The highest BCUT2D eigenvalue weighted by atomic mass is 16.6. The van der Waals surface area contributed by atoms with Crippen molar-refractivity contribution in [1.29, 1.82) is 0 Å². The number of nitrogens with zero attached hydrogens (tertiary/aromatic N) is 1. The molecule has 0 bridgehead atoms. The van der Waals surface area contributed by atoms with Gasteiger partial charge in [0.15, 0.2) is 6.04 Å². The first kappa shape index (κ1) is 13.9. The van der Waals surface area contributed by atoms with Crippen molar-refractivity contribution >= 4 is 12.1 Å². The average Bonchev–Trinajstić information content (AvgIpc) is 2.76. The molecule has 1 unspecified atom stereocenters. The fourth-order valence-corrected chi connectivity index (χ4v) is 2.83. The van der Waals surface area contributed by atoms with Gasteiger partial charge in [0.25, 0.3) is 0 Å². The number of hydrogen-bond acceptors (Lipinski definition) is 4. The molecular formula is C13H19NO5. The summed E-state index contributed by atoms with van der Waals surface area (Å²) >= 11 is 0. The third kappa shape index (κ3) is 2.58. The van der Waals surface area contributed by atoms with E-state index in [1.165, 1.54) is 11.0 Å². The van der Waals surface area contributed by atoms with E-state index in [2.05, 4.69) is 6.58 Å². The molecule has 0 radical (unpaired) electrons. The van der Waals surface area contributed by atoms with Crippen molar-refractivity contribution in [1.82, 2.24) is 4.90 Å². The van der Waals surface area contributed by atoms with Gasteiger partial charge in [0.2, 0.25) is 0 Å². The maximum absolute atomic E-state index is 12.1. The minimum Gasteiger partial charge on any atom is -0.480 e. The Balaban J connectivity index is 2.20. The molecule has 1 amide bonds. The fraction of sp³-hybridized carbons (Fsp3) is 0.692. The second-order valence-corrected chi connectivity index (χ2v) is 4.91. The van der Waals surface area contributed by atoms with E-state index >= 15 is 0 Å². The predicted octanol–water partition coefficient (Wildman–Crippen LogP) is 1.75. The molecule has 1 saturated carbocycles. The van der Waals surface area contributed by atoms with Crippen molar-refractivity contribution < 1.29 is 24.2 Å². The van der Waals surface area contributed by atoms with Gasteiger partial charge in [-0.1, -0.05) is 19.1 Å². The zero-order valence-corrected chi connectivity index (χ0v) is 10.8. The molecule has 6 heteroatoms. The molecular weight excluding hydrogens is 250 g/mol. The number of carbonyl (C=O) groups is 2. The van der Waals surface area contributed by atoms with Crippen molar-refractivity contribution in [2.75, 3.05) is 13.2 Å². The maximum Gasteiger partial charge on any atom is 0.413 e. The molecule has 1 aliphatic heterocycles. The molecule has 0 aromatic rings. The lowest BCUT2D eigenvalue weighted by Gasteiger charge is -2.40. The topological polar surface area (TPSA) is 76.1 Å². The minimum absolute atomic E-state index is 0.0263. The van der Waals surface area contributed by atoms with Gasteiger partial charge >= 0.3 is 12.1 Å². The van der Waals surface area contributed by atoms with Crippen molar-refractivity contribution in [3.63, 3.8) is 0 Å².